The lowest BCUT2D eigenvalue weighted by Crippen LogP contribution is -2.47. The molecule has 0 aromatic heterocycles. The number of hydrogen-bond acceptors (Lipinski definition) is 5. The topological polar surface area (TPSA) is 81.7 Å². The minimum atomic E-state index is -0.847. The van der Waals surface area contributed by atoms with Crippen molar-refractivity contribution in [2.24, 2.45) is 0 Å². The molecule has 6 heteroatoms. The molecule has 2 aromatic carbocycles. The quantitative estimate of drug-likeness (QED) is 0.695. The van der Waals surface area contributed by atoms with Gasteiger partial charge in [-0.25, -0.2) is 4.79 Å². The van der Waals surface area contributed by atoms with Crippen molar-refractivity contribution in [3.05, 3.63) is 71.8 Å². The number of carbonyl (C=O) groups is 3. The van der Waals surface area contributed by atoms with Crippen LogP contribution in [0.25, 0.3) is 0 Å². The predicted octanol–water partition coefficient (Wildman–Crippen LogP) is 2.55. The fraction of sp³-hybridized carbons (Fsp3) is 0.348. The van der Waals surface area contributed by atoms with E-state index in [4.69, 9.17) is 9.47 Å². The zero-order valence-electron chi connectivity index (χ0n) is 16.4. The minimum Gasteiger partial charge on any atom is -0.467 e. The first-order valence-corrected chi connectivity index (χ1v) is 9.69. The highest BCUT2D eigenvalue weighted by atomic mass is 16.5. The molecule has 1 saturated carbocycles. The van der Waals surface area contributed by atoms with Gasteiger partial charge in [0.25, 0.3) is 5.91 Å². The van der Waals surface area contributed by atoms with E-state index in [0.29, 0.717) is 19.3 Å². The van der Waals surface area contributed by atoms with Gasteiger partial charge in [0.05, 0.1) is 12.5 Å². The Morgan fingerprint density at radius 3 is 2.17 bits per heavy atom. The van der Waals surface area contributed by atoms with Crippen LogP contribution in [0, 0.1) is 0 Å². The molecular weight excluding hydrogens is 370 g/mol. The summed E-state index contributed by atoms with van der Waals surface area (Å²) in [6, 6.07) is 18.0. The van der Waals surface area contributed by atoms with Crippen molar-refractivity contribution in [2.75, 3.05) is 13.7 Å². The fourth-order valence-corrected chi connectivity index (χ4v) is 3.59. The highest BCUT2D eigenvalue weighted by Gasteiger charge is 2.47. The van der Waals surface area contributed by atoms with E-state index in [0.717, 1.165) is 17.5 Å². The molecule has 0 saturated heterocycles. The Bertz CT molecular complexity index is 846. The number of benzene rings is 2. The van der Waals surface area contributed by atoms with Crippen molar-refractivity contribution in [2.45, 2.75) is 37.1 Å². The number of rotatable bonds is 8. The Balaban J connectivity index is 1.58. The van der Waals surface area contributed by atoms with Gasteiger partial charge in [-0.3, -0.25) is 9.59 Å². The first-order chi connectivity index (χ1) is 14.0. The molecule has 1 atom stereocenters. The molecule has 1 aliphatic carbocycles. The smallest absolute Gasteiger partial charge is 0.328 e. The SMILES string of the molecule is COC(=O)C(Cc1ccccc1)NC(=O)COC(=O)C1(c2ccccc2)CCC1. The predicted molar refractivity (Wildman–Crippen MR) is 107 cm³/mol. The standard InChI is InChI=1S/C23H25NO5/c1-28-21(26)19(15-17-9-4-2-5-10-17)24-20(25)16-29-22(27)23(13-8-14-23)18-11-6-3-7-12-18/h2-7,9-12,19H,8,13-16H2,1H3,(H,24,25). The van der Waals surface area contributed by atoms with Gasteiger partial charge in [-0.1, -0.05) is 67.1 Å². The zero-order chi connectivity index (χ0) is 20.7. The third-order valence-electron chi connectivity index (χ3n) is 5.36. The minimum absolute atomic E-state index is 0.293. The summed E-state index contributed by atoms with van der Waals surface area (Å²) in [5, 5.41) is 2.61. The molecule has 1 fully saturated rings. The van der Waals surface area contributed by atoms with Crippen LogP contribution < -0.4 is 5.32 Å². The number of methoxy groups -OCH3 is 1. The number of hydrogen-bond donors (Lipinski definition) is 1. The maximum absolute atomic E-state index is 12.7. The summed E-state index contributed by atoms with van der Waals surface area (Å²) in [5.74, 6) is -1.48. The van der Waals surface area contributed by atoms with Crippen LogP contribution in [0.15, 0.2) is 60.7 Å². The summed E-state index contributed by atoms with van der Waals surface area (Å²) in [6.45, 7) is -0.435. The van der Waals surface area contributed by atoms with E-state index in [9.17, 15) is 14.4 Å². The Labute approximate surface area is 170 Å². The Morgan fingerprint density at radius 2 is 1.62 bits per heavy atom. The van der Waals surface area contributed by atoms with Gasteiger partial charge in [0.1, 0.15) is 6.04 Å². The zero-order valence-corrected chi connectivity index (χ0v) is 16.4. The molecule has 6 nitrogen and oxygen atoms in total. The molecule has 29 heavy (non-hydrogen) atoms. The first-order valence-electron chi connectivity index (χ1n) is 9.69. The average Bonchev–Trinajstić information content (AvgIpc) is 2.72. The van der Waals surface area contributed by atoms with Crippen molar-refractivity contribution in [3.8, 4) is 0 Å². The first kappa shape index (κ1) is 20.6. The summed E-state index contributed by atoms with van der Waals surface area (Å²) >= 11 is 0. The van der Waals surface area contributed by atoms with Crippen LogP contribution >= 0.6 is 0 Å². The molecule has 1 amide bonds. The second-order valence-electron chi connectivity index (χ2n) is 7.21. The molecule has 1 unspecified atom stereocenters. The van der Waals surface area contributed by atoms with Gasteiger partial charge in [-0.15, -0.1) is 0 Å². The molecule has 0 spiro atoms. The molecular formula is C23H25NO5. The normalized spacial score (nSPS) is 15.5. The van der Waals surface area contributed by atoms with E-state index in [1.165, 1.54) is 7.11 Å². The summed E-state index contributed by atoms with van der Waals surface area (Å²) in [4.78, 5) is 37.1. The maximum Gasteiger partial charge on any atom is 0.328 e. The van der Waals surface area contributed by atoms with Gasteiger partial charge in [0.15, 0.2) is 6.61 Å². The van der Waals surface area contributed by atoms with Gasteiger partial charge in [-0.05, 0) is 24.0 Å². The van der Waals surface area contributed by atoms with Crippen LogP contribution in [0.3, 0.4) is 0 Å². The molecule has 0 bridgehead atoms. The Morgan fingerprint density at radius 1 is 1.00 bits per heavy atom. The molecule has 2 aromatic rings. The van der Waals surface area contributed by atoms with Gasteiger partial charge >= 0.3 is 11.9 Å². The lowest BCUT2D eigenvalue weighted by Gasteiger charge is -2.39. The van der Waals surface area contributed by atoms with Crippen molar-refractivity contribution < 1.29 is 23.9 Å². The lowest BCUT2D eigenvalue weighted by atomic mass is 9.64. The van der Waals surface area contributed by atoms with Gasteiger partial charge in [0, 0.05) is 6.42 Å². The molecule has 1 N–H and O–H groups in total. The van der Waals surface area contributed by atoms with E-state index < -0.39 is 35.9 Å². The Hall–Kier alpha value is -3.15. The monoisotopic (exact) mass is 395 g/mol. The number of carbonyl (C=O) groups excluding carboxylic acids is 3. The summed E-state index contributed by atoms with van der Waals surface area (Å²) in [5.41, 5.74) is 1.12. The van der Waals surface area contributed by atoms with E-state index in [1.54, 1.807) is 0 Å². The van der Waals surface area contributed by atoms with Crippen LogP contribution in [0.4, 0.5) is 0 Å². The molecule has 3 rings (SSSR count). The maximum atomic E-state index is 12.7. The highest BCUT2D eigenvalue weighted by molar-refractivity contribution is 5.89. The van der Waals surface area contributed by atoms with Crippen molar-refractivity contribution >= 4 is 17.8 Å². The second-order valence-corrected chi connectivity index (χ2v) is 7.21. The summed E-state index contributed by atoms with van der Waals surface area (Å²) in [6.07, 6.45) is 2.64. The van der Waals surface area contributed by atoms with E-state index >= 15 is 0 Å². The highest BCUT2D eigenvalue weighted by Crippen LogP contribution is 2.44. The van der Waals surface area contributed by atoms with Gasteiger partial charge in [0.2, 0.25) is 0 Å². The third kappa shape index (κ3) is 4.83. The number of esters is 2. The summed E-state index contributed by atoms with van der Waals surface area (Å²) in [7, 11) is 1.27. The van der Waals surface area contributed by atoms with Crippen LogP contribution in [0.1, 0.15) is 30.4 Å². The molecule has 0 heterocycles. The van der Waals surface area contributed by atoms with Gasteiger partial charge < -0.3 is 14.8 Å². The molecule has 152 valence electrons. The van der Waals surface area contributed by atoms with Crippen LogP contribution in [-0.4, -0.2) is 37.6 Å². The van der Waals surface area contributed by atoms with Crippen LogP contribution in [-0.2, 0) is 35.7 Å². The van der Waals surface area contributed by atoms with Gasteiger partial charge in [-0.2, -0.15) is 0 Å². The van der Waals surface area contributed by atoms with Crippen LogP contribution in [0.5, 0.6) is 0 Å². The lowest BCUT2D eigenvalue weighted by molar-refractivity contribution is -0.158. The van der Waals surface area contributed by atoms with Crippen molar-refractivity contribution in [1.29, 1.82) is 0 Å². The Kier molecular flexibility index (Phi) is 6.65. The average molecular weight is 395 g/mol. The van der Waals surface area contributed by atoms with E-state index in [-0.39, 0.29) is 0 Å². The van der Waals surface area contributed by atoms with Crippen molar-refractivity contribution in [3.63, 3.8) is 0 Å². The summed E-state index contributed by atoms with van der Waals surface area (Å²) < 4.78 is 10.1. The van der Waals surface area contributed by atoms with E-state index in [2.05, 4.69) is 5.32 Å². The largest absolute Gasteiger partial charge is 0.467 e. The molecule has 0 aliphatic heterocycles. The molecule has 0 radical (unpaired) electrons. The number of ether oxygens (including phenoxy) is 2. The van der Waals surface area contributed by atoms with Crippen LogP contribution in [0.2, 0.25) is 0 Å². The van der Waals surface area contributed by atoms with Crippen molar-refractivity contribution in [1.82, 2.24) is 5.32 Å². The molecule has 1 aliphatic rings. The number of amides is 1. The number of nitrogens with one attached hydrogen (secondary N) is 1. The second kappa shape index (κ2) is 9.37. The van der Waals surface area contributed by atoms with E-state index in [1.807, 2.05) is 60.7 Å². The third-order valence-corrected chi connectivity index (χ3v) is 5.36. The fourth-order valence-electron chi connectivity index (χ4n) is 3.59.